The number of fused-ring (bicyclic) bond motifs is 1. The summed E-state index contributed by atoms with van der Waals surface area (Å²) < 4.78 is 9.57. The Balaban J connectivity index is 1.56. The Morgan fingerprint density at radius 1 is 1.32 bits per heavy atom. The fraction of sp³-hybridized carbons (Fsp3) is 0.556. The Morgan fingerprint density at radius 2 is 2.16 bits per heavy atom. The molecule has 7 heteroatoms. The van der Waals surface area contributed by atoms with Gasteiger partial charge in [0.05, 0.1) is 25.6 Å². The van der Waals surface area contributed by atoms with Gasteiger partial charge in [-0.15, -0.1) is 0 Å². The van der Waals surface area contributed by atoms with E-state index in [4.69, 9.17) is 4.74 Å². The second kappa shape index (κ2) is 6.31. The second-order valence-electron chi connectivity index (χ2n) is 7.20. The fourth-order valence-electron chi connectivity index (χ4n) is 4.14. The predicted octanol–water partition coefficient (Wildman–Crippen LogP) is 0.659. The van der Waals surface area contributed by atoms with Crippen LogP contribution in [0.3, 0.4) is 0 Å². The van der Waals surface area contributed by atoms with Crippen molar-refractivity contribution in [2.75, 3.05) is 26.7 Å². The summed E-state index contributed by atoms with van der Waals surface area (Å²) in [6.45, 7) is 3.08. The number of amides is 1. The molecule has 0 spiro atoms. The van der Waals surface area contributed by atoms with Crippen LogP contribution in [0.1, 0.15) is 33.4 Å². The van der Waals surface area contributed by atoms with Crippen LogP contribution in [0, 0.1) is 0 Å². The standard InChI is InChI=1S/C18H25N5O2/c1-21-8-13(17-7-19-11-22(17)2)14(9-21)20-18(24)16-6-12-10-25-5-4-15(12)23(16)3/h6-7,11,13-14H,4-5,8-10H2,1-3H3,(H,20,24)/t13-,14-/m1/s1. The minimum atomic E-state index is -0.00984. The van der Waals surface area contributed by atoms with Gasteiger partial charge in [0.15, 0.2) is 0 Å². The summed E-state index contributed by atoms with van der Waals surface area (Å²) >= 11 is 0. The molecule has 2 atom stereocenters. The van der Waals surface area contributed by atoms with E-state index >= 15 is 0 Å². The molecule has 2 aromatic rings. The molecule has 0 radical (unpaired) electrons. The molecule has 0 aromatic carbocycles. The third-order valence-corrected chi connectivity index (χ3v) is 5.47. The minimum absolute atomic E-state index is 0.00984. The highest BCUT2D eigenvalue weighted by molar-refractivity contribution is 5.93. The van der Waals surface area contributed by atoms with E-state index in [9.17, 15) is 4.79 Å². The van der Waals surface area contributed by atoms with Gasteiger partial charge in [-0.3, -0.25) is 4.79 Å². The Morgan fingerprint density at radius 3 is 2.88 bits per heavy atom. The van der Waals surface area contributed by atoms with Gasteiger partial charge in [0.25, 0.3) is 5.91 Å². The van der Waals surface area contributed by atoms with Gasteiger partial charge in [0.1, 0.15) is 5.69 Å². The first kappa shape index (κ1) is 16.4. The number of aromatic nitrogens is 3. The van der Waals surface area contributed by atoms with E-state index in [1.165, 1.54) is 5.69 Å². The number of ether oxygens (including phenoxy) is 1. The lowest BCUT2D eigenvalue weighted by atomic mass is 10.00. The molecule has 7 nitrogen and oxygen atoms in total. The highest BCUT2D eigenvalue weighted by Gasteiger charge is 2.35. The number of hydrogen-bond donors (Lipinski definition) is 1. The number of carbonyl (C=O) groups is 1. The zero-order valence-electron chi connectivity index (χ0n) is 15.0. The normalized spacial score (nSPS) is 23.6. The number of rotatable bonds is 3. The third kappa shape index (κ3) is 2.87. The van der Waals surface area contributed by atoms with Crippen molar-refractivity contribution in [1.82, 2.24) is 24.3 Å². The van der Waals surface area contributed by atoms with Crippen molar-refractivity contribution >= 4 is 5.91 Å². The van der Waals surface area contributed by atoms with Gasteiger partial charge < -0.3 is 24.1 Å². The number of imidazole rings is 1. The lowest BCUT2D eigenvalue weighted by Gasteiger charge is -2.20. The summed E-state index contributed by atoms with van der Waals surface area (Å²) in [5.41, 5.74) is 4.22. The van der Waals surface area contributed by atoms with Crippen molar-refractivity contribution in [1.29, 1.82) is 0 Å². The zero-order chi connectivity index (χ0) is 17.6. The van der Waals surface area contributed by atoms with Crippen molar-refractivity contribution in [2.24, 2.45) is 14.1 Å². The van der Waals surface area contributed by atoms with Crippen LogP contribution in [0.15, 0.2) is 18.6 Å². The van der Waals surface area contributed by atoms with Crippen molar-refractivity contribution in [3.05, 3.63) is 41.2 Å². The van der Waals surface area contributed by atoms with E-state index in [-0.39, 0.29) is 17.9 Å². The first-order chi connectivity index (χ1) is 12.0. The number of nitrogens with zero attached hydrogens (tertiary/aromatic N) is 4. The molecule has 4 heterocycles. The van der Waals surface area contributed by atoms with Gasteiger partial charge in [0, 0.05) is 57.1 Å². The molecule has 2 aliphatic heterocycles. The Kier molecular flexibility index (Phi) is 4.13. The Bertz CT molecular complexity index is 793. The van der Waals surface area contributed by atoms with E-state index < -0.39 is 0 Å². The van der Waals surface area contributed by atoms with Crippen molar-refractivity contribution in [3.63, 3.8) is 0 Å². The van der Waals surface area contributed by atoms with Crippen LogP contribution in [0.25, 0.3) is 0 Å². The summed E-state index contributed by atoms with van der Waals surface area (Å²) in [4.78, 5) is 19.4. The van der Waals surface area contributed by atoms with Crippen LogP contribution >= 0.6 is 0 Å². The topological polar surface area (TPSA) is 64.3 Å². The van der Waals surface area contributed by atoms with Gasteiger partial charge in [-0.25, -0.2) is 4.98 Å². The van der Waals surface area contributed by atoms with Crippen molar-refractivity contribution in [2.45, 2.75) is 25.0 Å². The lowest BCUT2D eigenvalue weighted by molar-refractivity contribution is 0.0926. The molecule has 1 fully saturated rings. The zero-order valence-corrected chi connectivity index (χ0v) is 15.0. The monoisotopic (exact) mass is 343 g/mol. The predicted molar refractivity (Wildman–Crippen MR) is 93.5 cm³/mol. The molecule has 0 saturated carbocycles. The molecule has 2 aromatic heterocycles. The summed E-state index contributed by atoms with van der Waals surface area (Å²) in [6.07, 6.45) is 4.59. The molecule has 0 unspecified atom stereocenters. The Hall–Kier alpha value is -2.12. The first-order valence-electron chi connectivity index (χ1n) is 8.75. The average molecular weight is 343 g/mol. The second-order valence-corrected chi connectivity index (χ2v) is 7.20. The highest BCUT2D eigenvalue weighted by atomic mass is 16.5. The van der Waals surface area contributed by atoms with E-state index in [1.54, 1.807) is 0 Å². The van der Waals surface area contributed by atoms with Crippen LogP contribution in [-0.2, 0) is 31.9 Å². The molecule has 4 rings (SSSR count). The van der Waals surface area contributed by atoms with Gasteiger partial charge in [0.2, 0.25) is 0 Å². The van der Waals surface area contributed by atoms with Crippen LogP contribution in [-0.4, -0.2) is 57.7 Å². The molecule has 25 heavy (non-hydrogen) atoms. The highest BCUT2D eigenvalue weighted by Crippen LogP contribution is 2.27. The lowest BCUT2D eigenvalue weighted by Crippen LogP contribution is -2.40. The molecule has 134 valence electrons. The van der Waals surface area contributed by atoms with Crippen LogP contribution in [0.5, 0.6) is 0 Å². The van der Waals surface area contributed by atoms with Gasteiger partial charge >= 0.3 is 0 Å². The van der Waals surface area contributed by atoms with Crippen LogP contribution in [0.2, 0.25) is 0 Å². The van der Waals surface area contributed by atoms with E-state index in [0.29, 0.717) is 12.3 Å². The molecule has 2 aliphatic rings. The first-order valence-corrected chi connectivity index (χ1v) is 8.75. The number of likely N-dealkylation sites (N-methyl/N-ethyl adjacent to an activating group) is 1. The van der Waals surface area contributed by atoms with Gasteiger partial charge in [-0.2, -0.15) is 0 Å². The SMILES string of the molecule is CN1C[C@@H](NC(=O)c2cc3c(n2C)CCOC3)[C@H](c2cncn2C)C1. The van der Waals surface area contributed by atoms with Crippen LogP contribution < -0.4 is 5.32 Å². The Labute approximate surface area is 147 Å². The maximum Gasteiger partial charge on any atom is 0.268 e. The number of carbonyl (C=O) groups excluding carboxylic acids is 1. The molecular formula is C18H25N5O2. The van der Waals surface area contributed by atoms with Gasteiger partial charge in [-0.1, -0.05) is 0 Å². The summed E-state index contributed by atoms with van der Waals surface area (Å²) in [6, 6.07) is 2.05. The summed E-state index contributed by atoms with van der Waals surface area (Å²) in [7, 11) is 6.07. The van der Waals surface area contributed by atoms with Gasteiger partial charge in [-0.05, 0) is 18.7 Å². The number of likely N-dealkylation sites (tertiary alicyclic amines) is 1. The molecule has 0 bridgehead atoms. The largest absolute Gasteiger partial charge is 0.376 e. The molecule has 1 saturated heterocycles. The van der Waals surface area contributed by atoms with E-state index in [1.807, 2.05) is 41.8 Å². The number of nitrogens with one attached hydrogen (secondary N) is 1. The molecular weight excluding hydrogens is 318 g/mol. The fourth-order valence-corrected chi connectivity index (χ4v) is 4.14. The third-order valence-electron chi connectivity index (χ3n) is 5.47. The van der Waals surface area contributed by atoms with E-state index in [2.05, 4.69) is 22.2 Å². The maximum atomic E-state index is 12.9. The van der Waals surface area contributed by atoms with Crippen LogP contribution in [0.4, 0.5) is 0 Å². The minimum Gasteiger partial charge on any atom is -0.376 e. The number of aryl methyl sites for hydroxylation is 1. The average Bonchev–Trinajstić information content (AvgIpc) is 3.26. The molecule has 1 N–H and O–H groups in total. The van der Waals surface area contributed by atoms with Crippen molar-refractivity contribution in [3.8, 4) is 0 Å². The maximum absolute atomic E-state index is 12.9. The van der Waals surface area contributed by atoms with E-state index in [0.717, 1.165) is 37.4 Å². The summed E-state index contributed by atoms with van der Waals surface area (Å²) in [5, 5.41) is 3.26. The molecule has 1 amide bonds. The molecule has 0 aliphatic carbocycles. The summed E-state index contributed by atoms with van der Waals surface area (Å²) in [5.74, 6) is 0.240. The number of hydrogen-bond acceptors (Lipinski definition) is 4. The smallest absolute Gasteiger partial charge is 0.268 e. The van der Waals surface area contributed by atoms with Crippen molar-refractivity contribution < 1.29 is 9.53 Å². The quantitative estimate of drug-likeness (QED) is 0.889.